The Kier molecular flexibility index (Phi) is 6.83. The maximum atomic E-state index is 9.90. The van der Waals surface area contributed by atoms with E-state index in [1.54, 1.807) is 0 Å². The molecular formula is C30H42N2O4. The Balaban J connectivity index is 1.51. The molecule has 0 aromatic heterocycles. The van der Waals surface area contributed by atoms with Crippen LogP contribution in [0, 0.1) is 0 Å². The maximum Gasteiger partial charge on any atom is 0.142 e. The highest BCUT2D eigenvalue weighted by atomic mass is 16.5. The molecule has 3 aliphatic rings. The van der Waals surface area contributed by atoms with Gasteiger partial charge in [-0.3, -0.25) is 9.80 Å². The fourth-order valence-corrected chi connectivity index (χ4v) is 5.96. The number of nitrogens with zero attached hydrogens (tertiary/aromatic N) is 2. The molecule has 0 spiro atoms. The number of benzene rings is 2. The van der Waals surface area contributed by atoms with Crippen molar-refractivity contribution in [2.45, 2.75) is 89.4 Å². The average molecular weight is 495 g/mol. The van der Waals surface area contributed by atoms with E-state index in [9.17, 15) is 10.2 Å². The van der Waals surface area contributed by atoms with Gasteiger partial charge in [-0.05, 0) is 75.9 Å². The minimum Gasteiger partial charge on any atom is -0.478 e. The van der Waals surface area contributed by atoms with E-state index in [2.05, 4.69) is 73.9 Å². The summed E-state index contributed by atoms with van der Waals surface area (Å²) >= 11 is 0. The van der Waals surface area contributed by atoms with Crippen molar-refractivity contribution in [3.05, 3.63) is 58.7 Å². The van der Waals surface area contributed by atoms with Crippen molar-refractivity contribution >= 4 is 0 Å². The Labute approximate surface area is 215 Å². The SMILES string of the molecule is CC(C)(CO)N1COc2ccc(C3(c4ccc5c(c4)CN(C(C)(C)CO)CO5)CCCCC3)cc2C1. The summed E-state index contributed by atoms with van der Waals surface area (Å²) in [7, 11) is 0. The van der Waals surface area contributed by atoms with Crippen molar-refractivity contribution in [1.82, 2.24) is 9.80 Å². The summed E-state index contributed by atoms with van der Waals surface area (Å²) in [4.78, 5) is 4.42. The minimum atomic E-state index is -0.330. The largest absolute Gasteiger partial charge is 0.478 e. The summed E-state index contributed by atoms with van der Waals surface area (Å²) in [5.74, 6) is 1.91. The lowest BCUT2D eigenvalue weighted by Gasteiger charge is -2.43. The van der Waals surface area contributed by atoms with Gasteiger partial charge in [0.15, 0.2) is 0 Å². The van der Waals surface area contributed by atoms with E-state index in [0.29, 0.717) is 13.5 Å². The maximum absolute atomic E-state index is 9.90. The topological polar surface area (TPSA) is 65.4 Å². The summed E-state index contributed by atoms with van der Waals surface area (Å²) in [6.45, 7) is 11.0. The first kappa shape index (κ1) is 25.5. The van der Waals surface area contributed by atoms with Crippen LogP contribution in [0.2, 0.25) is 0 Å². The van der Waals surface area contributed by atoms with E-state index in [1.807, 2.05) is 0 Å². The molecule has 2 aromatic carbocycles. The Morgan fingerprint density at radius 1 is 0.722 bits per heavy atom. The van der Waals surface area contributed by atoms with Gasteiger partial charge in [-0.1, -0.05) is 31.4 Å². The highest BCUT2D eigenvalue weighted by molar-refractivity contribution is 5.49. The number of aliphatic hydroxyl groups is 2. The molecule has 2 N–H and O–H groups in total. The molecule has 0 unspecified atom stereocenters. The van der Waals surface area contributed by atoms with Crippen LogP contribution < -0.4 is 9.47 Å². The van der Waals surface area contributed by atoms with Gasteiger partial charge >= 0.3 is 0 Å². The van der Waals surface area contributed by atoms with Gasteiger partial charge in [0, 0.05) is 40.7 Å². The summed E-state index contributed by atoms with van der Waals surface area (Å²) in [5, 5.41) is 19.8. The predicted octanol–water partition coefficient (Wildman–Crippen LogP) is 4.78. The van der Waals surface area contributed by atoms with Crippen LogP contribution in [0.1, 0.15) is 82.1 Å². The minimum absolute atomic E-state index is 0.0359. The zero-order valence-electron chi connectivity index (χ0n) is 22.3. The molecule has 2 heterocycles. The lowest BCUT2D eigenvalue weighted by molar-refractivity contribution is -0.0168. The molecule has 1 saturated carbocycles. The van der Waals surface area contributed by atoms with Crippen molar-refractivity contribution in [3.63, 3.8) is 0 Å². The quantitative estimate of drug-likeness (QED) is 0.603. The zero-order chi connectivity index (χ0) is 25.6. The average Bonchev–Trinajstić information content (AvgIpc) is 2.92. The molecule has 0 atom stereocenters. The lowest BCUT2D eigenvalue weighted by Crippen LogP contribution is -2.49. The highest BCUT2D eigenvalue weighted by Crippen LogP contribution is 2.47. The van der Waals surface area contributed by atoms with E-state index in [-0.39, 0.29) is 29.7 Å². The Morgan fingerprint density at radius 2 is 1.17 bits per heavy atom. The van der Waals surface area contributed by atoms with Gasteiger partial charge in [-0.15, -0.1) is 0 Å². The molecule has 36 heavy (non-hydrogen) atoms. The van der Waals surface area contributed by atoms with Crippen molar-refractivity contribution in [1.29, 1.82) is 0 Å². The molecular weight excluding hydrogens is 452 g/mol. The summed E-state index contributed by atoms with van der Waals surface area (Å²) in [5.41, 5.74) is 4.41. The number of ether oxygens (including phenoxy) is 2. The van der Waals surface area contributed by atoms with Crippen LogP contribution in [-0.2, 0) is 18.5 Å². The van der Waals surface area contributed by atoms with Gasteiger partial charge in [0.2, 0.25) is 0 Å². The second-order valence-electron chi connectivity index (χ2n) is 12.2. The number of fused-ring (bicyclic) bond motifs is 2. The molecule has 0 amide bonds. The number of hydrogen-bond donors (Lipinski definition) is 2. The molecule has 0 saturated heterocycles. The summed E-state index contributed by atoms with van der Waals surface area (Å²) < 4.78 is 12.2. The second kappa shape index (κ2) is 9.64. The standard InChI is InChI=1S/C30H42N2O4/c1-28(2,18-33)31-16-22-14-24(8-10-26(22)35-20-31)30(12-6-5-7-13-30)25-9-11-27-23(15-25)17-32(21-36-27)29(3,4)19-34/h8-11,14-15,33-34H,5-7,12-13,16-21H2,1-4H3. The van der Waals surface area contributed by atoms with Crippen LogP contribution in [0.5, 0.6) is 11.5 Å². The third kappa shape index (κ3) is 4.53. The molecule has 0 bridgehead atoms. The van der Waals surface area contributed by atoms with Crippen LogP contribution in [0.3, 0.4) is 0 Å². The smallest absolute Gasteiger partial charge is 0.142 e. The first-order valence-electron chi connectivity index (χ1n) is 13.4. The Bertz CT molecular complexity index is 1010. The zero-order valence-corrected chi connectivity index (χ0v) is 22.3. The van der Waals surface area contributed by atoms with E-state index in [0.717, 1.165) is 37.4 Å². The van der Waals surface area contributed by atoms with E-state index in [1.165, 1.54) is 41.5 Å². The van der Waals surface area contributed by atoms with Crippen LogP contribution in [0.25, 0.3) is 0 Å². The van der Waals surface area contributed by atoms with E-state index in [4.69, 9.17) is 9.47 Å². The number of rotatable bonds is 6. The van der Waals surface area contributed by atoms with Gasteiger partial charge in [-0.2, -0.15) is 0 Å². The molecule has 2 aromatic rings. The third-order valence-corrected chi connectivity index (χ3v) is 8.89. The van der Waals surface area contributed by atoms with Crippen LogP contribution in [0.4, 0.5) is 0 Å². The van der Waals surface area contributed by atoms with E-state index >= 15 is 0 Å². The molecule has 6 nitrogen and oxygen atoms in total. The van der Waals surface area contributed by atoms with Gasteiger partial charge in [0.1, 0.15) is 25.0 Å². The van der Waals surface area contributed by atoms with Crippen molar-refractivity contribution in [2.75, 3.05) is 26.7 Å². The fraction of sp³-hybridized carbons (Fsp3) is 0.600. The van der Waals surface area contributed by atoms with Gasteiger partial charge in [-0.25, -0.2) is 0 Å². The Hall–Kier alpha value is -2.12. The molecule has 196 valence electrons. The van der Waals surface area contributed by atoms with Crippen molar-refractivity contribution < 1.29 is 19.7 Å². The van der Waals surface area contributed by atoms with Gasteiger partial charge in [0.05, 0.1) is 13.2 Å². The van der Waals surface area contributed by atoms with Gasteiger partial charge < -0.3 is 19.7 Å². The predicted molar refractivity (Wildman–Crippen MR) is 141 cm³/mol. The number of hydrogen-bond acceptors (Lipinski definition) is 6. The van der Waals surface area contributed by atoms with Crippen molar-refractivity contribution in [2.24, 2.45) is 0 Å². The second-order valence-corrected chi connectivity index (χ2v) is 12.2. The molecule has 2 aliphatic heterocycles. The van der Waals surface area contributed by atoms with E-state index < -0.39 is 0 Å². The monoisotopic (exact) mass is 494 g/mol. The first-order valence-corrected chi connectivity index (χ1v) is 13.4. The summed E-state index contributed by atoms with van der Waals surface area (Å²) in [6.07, 6.45) is 5.97. The summed E-state index contributed by atoms with van der Waals surface area (Å²) in [6, 6.07) is 13.6. The van der Waals surface area contributed by atoms with Crippen LogP contribution >= 0.6 is 0 Å². The lowest BCUT2D eigenvalue weighted by atomic mass is 9.65. The molecule has 1 aliphatic carbocycles. The van der Waals surface area contributed by atoms with Crippen LogP contribution in [-0.4, -0.2) is 57.8 Å². The number of aliphatic hydroxyl groups excluding tert-OH is 2. The van der Waals surface area contributed by atoms with Crippen molar-refractivity contribution in [3.8, 4) is 11.5 Å². The van der Waals surface area contributed by atoms with Gasteiger partial charge in [0.25, 0.3) is 0 Å². The molecule has 0 radical (unpaired) electrons. The normalized spacial score (nSPS) is 20.7. The molecule has 5 rings (SSSR count). The first-order chi connectivity index (χ1) is 17.2. The fourth-order valence-electron chi connectivity index (χ4n) is 5.96. The van der Waals surface area contributed by atoms with Crippen LogP contribution in [0.15, 0.2) is 36.4 Å². The molecule has 6 heteroatoms. The highest BCUT2D eigenvalue weighted by Gasteiger charge is 2.39. The Morgan fingerprint density at radius 3 is 1.58 bits per heavy atom. The molecule has 1 fully saturated rings. The third-order valence-electron chi connectivity index (χ3n) is 8.89.